The smallest absolute Gasteiger partial charge is 0.245 e. The average molecular weight is 450 g/mol. The molecule has 0 bridgehead atoms. The summed E-state index contributed by atoms with van der Waals surface area (Å²) in [5.74, 6) is 0.313. The molecule has 0 N–H and O–H groups in total. The normalized spacial score (nSPS) is 18.2. The van der Waals surface area contributed by atoms with E-state index >= 15 is 0 Å². The minimum absolute atomic E-state index is 0.00105. The first-order valence-corrected chi connectivity index (χ1v) is 11.9. The standard InChI is InChI=1S/C27H35N3O3/c1-20(2)16-26(31)30-19-23-7-5-4-6-22(23)17-25(30)27(32)28(3)18-21-8-10-24(11-9-21)29-12-14-33-15-13-29/h4-11,20,25H,12-19H2,1-3H3. The Morgan fingerprint density at radius 3 is 2.36 bits per heavy atom. The van der Waals surface area contributed by atoms with E-state index in [2.05, 4.69) is 41.3 Å². The predicted octanol–water partition coefficient (Wildman–Crippen LogP) is 3.48. The summed E-state index contributed by atoms with van der Waals surface area (Å²) < 4.78 is 5.44. The van der Waals surface area contributed by atoms with Crippen LogP contribution < -0.4 is 4.90 Å². The molecular formula is C27H35N3O3. The van der Waals surface area contributed by atoms with Crippen molar-refractivity contribution >= 4 is 17.5 Å². The zero-order valence-corrected chi connectivity index (χ0v) is 20.0. The van der Waals surface area contributed by atoms with Gasteiger partial charge >= 0.3 is 0 Å². The molecule has 6 heteroatoms. The second kappa shape index (κ2) is 10.4. The summed E-state index contributed by atoms with van der Waals surface area (Å²) in [6.07, 6.45) is 1.03. The number of amides is 2. The molecule has 1 unspecified atom stereocenters. The van der Waals surface area contributed by atoms with Gasteiger partial charge in [-0.1, -0.05) is 50.2 Å². The number of ether oxygens (including phenoxy) is 1. The van der Waals surface area contributed by atoms with Crippen LogP contribution in [0.2, 0.25) is 0 Å². The Morgan fingerprint density at radius 2 is 1.70 bits per heavy atom. The first kappa shape index (κ1) is 23.3. The lowest BCUT2D eigenvalue weighted by molar-refractivity contribution is -0.147. The number of hydrogen-bond donors (Lipinski definition) is 0. The summed E-state index contributed by atoms with van der Waals surface area (Å²) in [6.45, 7) is 8.43. The van der Waals surface area contributed by atoms with Gasteiger partial charge in [0.25, 0.3) is 0 Å². The first-order valence-electron chi connectivity index (χ1n) is 11.9. The van der Waals surface area contributed by atoms with Crippen molar-refractivity contribution in [1.82, 2.24) is 9.80 Å². The Labute approximate surface area is 197 Å². The van der Waals surface area contributed by atoms with Crippen LogP contribution in [0.15, 0.2) is 48.5 Å². The number of carbonyl (C=O) groups excluding carboxylic acids is 2. The van der Waals surface area contributed by atoms with Gasteiger partial charge in [0.15, 0.2) is 0 Å². The molecule has 4 rings (SSSR count). The molecule has 0 radical (unpaired) electrons. The zero-order chi connectivity index (χ0) is 23.4. The lowest BCUT2D eigenvalue weighted by Crippen LogP contribution is -2.52. The highest BCUT2D eigenvalue weighted by molar-refractivity contribution is 5.88. The van der Waals surface area contributed by atoms with Gasteiger partial charge in [-0.2, -0.15) is 0 Å². The van der Waals surface area contributed by atoms with Crippen LogP contribution in [0.3, 0.4) is 0 Å². The number of hydrogen-bond acceptors (Lipinski definition) is 4. The Kier molecular flexibility index (Phi) is 7.33. The van der Waals surface area contributed by atoms with Gasteiger partial charge in [0.2, 0.25) is 11.8 Å². The summed E-state index contributed by atoms with van der Waals surface area (Å²) >= 11 is 0. The van der Waals surface area contributed by atoms with Gasteiger partial charge in [-0.25, -0.2) is 0 Å². The van der Waals surface area contributed by atoms with E-state index in [1.165, 1.54) is 5.69 Å². The highest BCUT2D eigenvalue weighted by Crippen LogP contribution is 2.26. The third-order valence-electron chi connectivity index (χ3n) is 6.55. The molecule has 0 aromatic heterocycles. The lowest BCUT2D eigenvalue weighted by atomic mass is 9.92. The molecule has 2 aromatic rings. The predicted molar refractivity (Wildman–Crippen MR) is 130 cm³/mol. The number of nitrogens with zero attached hydrogens (tertiary/aromatic N) is 3. The highest BCUT2D eigenvalue weighted by Gasteiger charge is 2.36. The van der Waals surface area contributed by atoms with Crippen molar-refractivity contribution in [3.8, 4) is 0 Å². The van der Waals surface area contributed by atoms with E-state index < -0.39 is 6.04 Å². The summed E-state index contributed by atoms with van der Waals surface area (Å²) in [7, 11) is 1.84. The number of morpholine rings is 1. The molecule has 2 aliphatic rings. The van der Waals surface area contributed by atoms with E-state index in [0.717, 1.165) is 43.0 Å². The van der Waals surface area contributed by atoms with Gasteiger partial charge in [-0.05, 0) is 34.7 Å². The van der Waals surface area contributed by atoms with Crippen molar-refractivity contribution in [1.29, 1.82) is 0 Å². The van der Waals surface area contributed by atoms with E-state index in [1.54, 1.807) is 9.80 Å². The fourth-order valence-corrected chi connectivity index (χ4v) is 4.71. The quantitative estimate of drug-likeness (QED) is 0.678. The Hall–Kier alpha value is -2.86. The molecule has 0 spiro atoms. The van der Waals surface area contributed by atoms with Crippen LogP contribution in [0.4, 0.5) is 5.69 Å². The van der Waals surface area contributed by atoms with Crippen molar-refractivity contribution in [2.45, 2.75) is 45.8 Å². The van der Waals surface area contributed by atoms with Crippen LogP contribution in [0, 0.1) is 5.92 Å². The van der Waals surface area contributed by atoms with Gasteiger partial charge in [0.05, 0.1) is 13.2 Å². The zero-order valence-electron chi connectivity index (χ0n) is 20.0. The minimum Gasteiger partial charge on any atom is -0.378 e. The molecule has 1 fully saturated rings. The van der Waals surface area contributed by atoms with Gasteiger partial charge in [0, 0.05) is 51.8 Å². The molecule has 2 heterocycles. The Balaban J connectivity index is 1.46. The molecule has 0 saturated carbocycles. The maximum atomic E-state index is 13.5. The van der Waals surface area contributed by atoms with Crippen LogP contribution in [-0.2, 0) is 33.8 Å². The second-order valence-electron chi connectivity index (χ2n) is 9.57. The number of rotatable bonds is 6. The van der Waals surface area contributed by atoms with Crippen molar-refractivity contribution in [3.63, 3.8) is 0 Å². The molecule has 2 aliphatic heterocycles. The molecular weight excluding hydrogens is 414 g/mol. The van der Waals surface area contributed by atoms with Gasteiger partial charge in [-0.3, -0.25) is 9.59 Å². The maximum absolute atomic E-state index is 13.5. The molecule has 33 heavy (non-hydrogen) atoms. The van der Waals surface area contributed by atoms with E-state index in [1.807, 2.05) is 33.0 Å². The maximum Gasteiger partial charge on any atom is 0.245 e. The Bertz CT molecular complexity index is 967. The van der Waals surface area contributed by atoms with E-state index in [9.17, 15) is 9.59 Å². The highest BCUT2D eigenvalue weighted by atomic mass is 16.5. The van der Waals surface area contributed by atoms with Crippen LogP contribution in [0.1, 0.15) is 37.0 Å². The van der Waals surface area contributed by atoms with Crippen LogP contribution in [0.5, 0.6) is 0 Å². The average Bonchev–Trinajstić information content (AvgIpc) is 2.83. The fourth-order valence-electron chi connectivity index (χ4n) is 4.71. The summed E-state index contributed by atoms with van der Waals surface area (Å²) in [6, 6.07) is 16.1. The summed E-state index contributed by atoms with van der Waals surface area (Å²) in [4.78, 5) is 32.5. The summed E-state index contributed by atoms with van der Waals surface area (Å²) in [5, 5.41) is 0. The van der Waals surface area contributed by atoms with Gasteiger partial charge in [0.1, 0.15) is 6.04 Å². The fraction of sp³-hybridized carbons (Fsp3) is 0.481. The molecule has 6 nitrogen and oxygen atoms in total. The second-order valence-corrected chi connectivity index (χ2v) is 9.57. The molecule has 0 aliphatic carbocycles. The number of fused-ring (bicyclic) bond motifs is 1. The van der Waals surface area contributed by atoms with Gasteiger partial charge < -0.3 is 19.4 Å². The van der Waals surface area contributed by atoms with E-state index in [4.69, 9.17) is 4.74 Å². The third kappa shape index (κ3) is 5.56. The molecule has 2 amide bonds. The van der Waals surface area contributed by atoms with Crippen LogP contribution in [0.25, 0.3) is 0 Å². The van der Waals surface area contributed by atoms with Crippen molar-refractivity contribution in [2.24, 2.45) is 5.92 Å². The number of likely N-dealkylation sites (N-methyl/N-ethyl adjacent to an activating group) is 1. The molecule has 2 aromatic carbocycles. The summed E-state index contributed by atoms with van der Waals surface area (Å²) in [5.41, 5.74) is 4.57. The molecule has 1 atom stereocenters. The minimum atomic E-state index is -0.455. The number of carbonyl (C=O) groups is 2. The van der Waals surface area contributed by atoms with Crippen molar-refractivity contribution in [2.75, 3.05) is 38.3 Å². The van der Waals surface area contributed by atoms with Crippen molar-refractivity contribution < 1.29 is 14.3 Å². The Morgan fingerprint density at radius 1 is 1.03 bits per heavy atom. The van der Waals surface area contributed by atoms with Crippen LogP contribution >= 0.6 is 0 Å². The molecule has 1 saturated heterocycles. The largest absolute Gasteiger partial charge is 0.378 e. The first-order chi connectivity index (χ1) is 15.9. The number of benzene rings is 2. The number of anilines is 1. The van der Waals surface area contributed by atoms with E-state index in [0.29, 0.717) is 25.9 Å². The van der Waals surface area contributed by atoms with E-state index in [-0.39, 0.29) is 17.7 Å². The lowest BCUT2D eigenvalue weighted by Gasteiger charge is -2.38. The SMILES string of the molecule is CC(C)CC(=O)N1Cc2ccccc2CC1C(=O)N(C)Cc1ccc(N2CCOCC2)cc1. The monoisotopic (exact) mass is 449 g/mol. The van der Waals surface area contributed by atoms with Crippen LogP contribution in [-0.4, -0.2) is 61.0 Å². The van der Waals surface area contributed by atoms with Crippen molar-refractivity contribution in [3.05, 3.63) is 65.2 Å². The third-order valence-corrected chi connectivity index (χ3v) is 6.55. The van der Waals surface area contributed by atoms with Gasteiger partial charge in [-0.15, -0.1) is 0 Å². The molecule has 176 valence electrons. The topological polar surface area (TPSA) is 53.1 Å².